The van der Waals surface area contributed by atoms with Gasteiger partial charge in [0.05, 0.1) is 12.1 Å². The third-order valence-corrected chi connectivity index (χ3v) is 1.78. The highest BCUT2D eigenvalue weighted by Crippen LogP contribution is 2.02. The lowest BCUT2D eigenvalue weighted by Gasteiger charge is -2.04. The van der Waals surface area contributed by atoms with Crippen LogP contribution in [-0.2, 0) is 16.6 Å². The summed E-state index contributed by atoms with van der Waals surface area (Å²) in [5.41, 5.74) is 0.350. The van der Waals surface area contributed by atoms with Crippen LogP contribution in [0.2, 0.25) is 0 Å². The Morgan fingerprint density at radius 1 is 1.40 bits per heavy atom. The number of carbonyl (C=O) groups excluding carboxylic acids is 2. The molecule has 0 unspecified atom stereocenters. The fourth-order valence-electron chi connectivity index (χ4n) is 1.10. The third kappa shape index (κ3) is 3.38. The van der Waals surface area contributed by atoms with E-state index >= 15 is 0 Å². The predicted molar refractivity (Wildman–Crippen MR) is 55.6 cm³/mol. The first kappa shape index (κ1) is 11.2. The van der Waals surface area contributed by atoms with Crippen molar-refractivity contribution in [2.24, 2.45) is 7.05 Å². The van der Waals surface area contributed by atoms with Crippen LogP contribution in [0.1, 0.15) is 13.3 Å². The van der Waals surface area contributed by atoms with Crippen molar-refractivity contribution in [1.29, 1.82) is 0 Å². The Morgan fingerprint density at radius 3 is 2.60 bits per heavy atom. The average molecular weight is 208 g/mol. The molecule has 0 radical (unpaired) electrons. The van der Waals surface area contributed by atoms with Crippen molar-refractivity contribution in [2.45, 2.75) is 13.3 Å². The molecule has 5 nitrogen and oxygen atoms in total. The first-order valence-electron chi connectivity index (χ1n) is 4.45. The van der Waals surface area contributed by atoms with Crippen molar-refractivity contribution in [1.82, 2.24) is 4.57 Å². The molecule has 0 aliphatic carbocycles. The normalized spacial score (nSPS) is 9.73. The van der Waals surface area contributed by atoms with E-state index in [0.717, 1.165) is 0 Å². The topological polar surface area (TPSA) is 68.2 Å². The summed E-state index contributed by atoms with van der Waals surface area (Å²) >= 11 is 0. The molecule has 80 valence electrons. The maximum atomic E-state index is 11.2. The number of hydrogen-bond donors (Lipinski definition) is 1. The molecule has 1 amide bonds. The van der Waals surface area contributed by atoms with Crippen LogP contribution in [0.3, 0.4) is 0 Å². The number of nitrogens with one attached hydrogen (secondary N) is 1. The quantitative estimate of drug-likeness (QED) is 0.726. The van der Waals surface area contributed by atoms with Crippen LogP contribution in [-0.4, -0.2) is 16.3 Å². The van der Waals surface area contributed by atoms with Crippen molar-refractivity contribution < 1.29 is 9.59 Å². The number of amides is 1. The zero-order valence-corrected chi connectivity index (χ0v) is 8.61. The van der Waals surface area contributed by atoms with Crippen LogP contribution in [0.4, 0.5) is 5.69 Å². The summed E-state index contributed by atoms with van der Waals surface area (Å²) in [6.45, 7) is 1.35. The van der Waals surface area contributed by atoms with E-state index in [1.54, 1.807) is 7.05 Å². The lowest BCUT2D eigenvalue weighted by Crippen LogP contribution is -2.19. The standard InChI is InChI=1S/C10H12N2O3/c1-7(13)5-9(14)11-8-3-4-10(15)12(2)6-8/h3-4,6H,5H2,1-2H3,(H,11,14). The predicted octanol–water partition coefficient (Wildman–Crippen LogP) is 0.303. The molecule has 0 fully saturated rings. The molecule has 1 N–H and O–H groups in total. The van der Waals surface area contributed by atoms with Crippen molar-refractivity contribution in [3.05, 3.63) is 28.7 Å². The van der Waals surface area contributed by atoms with E-state index in [9.17, 15) is 14.4 Å². The minimum absolute atomic E-state index is 0.150. The number of anilines is 1. The third-order valence-electron chi connectivity index (χ3n) is 1.78. The van der Waals surface area contributed by atoms with Gasteiger partial charge in [0.2, 0.25) is 11.5 Å². The van der Waals surface area contributed by atoms with Gasteiger partial charge in [0, 0.05) is 19.3 Å². The Labute approximate surface area is 86.7 Å². The van der Waals surface area contributed by atoms with E-state index in [1.165, 1.54) is 29.8 Å². The first-order chi connectivity index (χ1) is 6.99. The maximum absolute atomic E-state index is 11.2. The molecule has 0 saturated heterocycles. The van der Waals surface area contributed by atoms with Crippen LogP contribution < -0.4 is 10.9 Å². The zero-order valence-electron chi connectivity index (χ0n) is 8.61. The first-order valence-corrected chi connectivity index (χ1v) is 4.45. The highest BCUT2D eigenvalue weighted by atomic mass is 16.2. The van der Waals surface area contributed by atoms with Gasteiger partial charge in [-0.25, -0.2) is 0 Å². The van der Waals surface area contributed by atoms with E-state index in [4.69, 9.17) is 0 Å². The minimum Gasteiger partial charge on any atom is -0.324 e. The van der Waals surface area contributed by atoms with E-state index in [2.05, 4.69) is 5.32 Å². The molecule has 0 aromatic carbocycles. The number of Topliss-reactive ketones (excluding diaryl/α,β-unsaturated/α-hetero) is 1. The van der Waals surface area contributed by atoms with Gasteiger partial charge in [0.1, 0.15) is 5.78 Å². The second-order valence-electron chi connectivity index (χ2n) is 3.29. The van der Waals surface area contributed by atoms with Crippen LogP contribution in [0.25, 0.3) is 0 Å². The molecule has 0 atom stereocenters. The smallest absolute Gasteiger partial charge is 0.250 e. The Kier molecular flexibility index (Phi) is 3.38. The Hall–Kier alpha value is -1.91. The number of hydrogen-bond acceptors (Lipinski definition) is 3. The molecule has 1 aromatic rings. The number of ketones is 1. The lowest BCUT2D eigenvalue weighted by atomic mass is 10.3. The van der Waals surface area contributed by atoms with Gasteiger partial charge in [-0.3, -0.25) is 14.4 Å². The van der Waals surface area contributed by atoms with Crippen molar-refractivity contribution in [3.63, 3.8) is 0 Å². The highest BCUT2D eigenvalue weighted by Gasteiger charge is 2.05. The van der Waals surface area contributed by atoms with E-state index in [1.807, 2.05) is 0 Å². The number of nitrogens with zero attached hydrogens (tertiary/aromatic N) is 1. The summed E-state index contributed by atoms with van der Waals surface area (Å²) in [6, 6.07) is 2.85. The molecule has 5 heteroatoms. The fraction of sp³-hybridized carbons (Fsp3) is 0.300. The van der Waals surface area contributed by atoms with Gasteiger partial charge in [-0.15, -0.1) is 0 Å². The van der Waals surface area contributed by atoms with Gasteiger partial charge >= 0.3 is 0 Å². The molecule has 0 spiro atoms. The lowest BCUT2D eigenvalue weighted by molar-refractivity contribution is -0.124. The summed E-state index contributed by atoms with van der Waals surface area (Å²) in [5, 5.41) is 2.52. The molecule has 1 heterocycles. The van der Waals surface area contributed by atoms with Gasteiger partial charge in [0.25, 0.3) is 0 Å². The number of pyridine rings is 1. The molecule has 0 aliphatic rings. The van der Waals surface area contributed by atoms with Gasteiger partial charge < -0.3 is 9.88 Å². The van der Waals surface area contributed by atoms with Crippen LogP contribution in [0.5, 0.6) is 0 Å². The van der Waals surface area contributed by atoms with E-state index in [0.29, 0.717) is 5.69 Å². The van der Waals surface area contributed by atoms with Gasteiger partial charge in [-0.05, 0) is 13.0 Å². The molecule has 15 heavy (non-hydrogen) atoms. The summed E-state index contributed by atoms with van der Waals surface area (Å²) in [4.78, 5) is 32.9. The molecule has 0 bridgehead atoms. The maximum Gasteiger partial charge on any atom is 0.250 e. The second kappa shape index (κ2) is 4.54. The van der Waals surface area contributed by atoms with E-state index in [-0.39, 0.29) is 23.7 Å². The number of aryl methyl sites for hydroxylation is 1. The van der Waals surface area contributed by atoms with Crippen molar-refractivity contribution >= 4 is 17.4 Å². The zero-order chi connectivity index (χ0) is 11.4. The van der Waals surface area contributed by atoms with Gasteiger partial charge in [0.15, 0.2) is 0 Å². The second-order valence-corrected chi connectivity index (χ2v) is 3.29. The Bertz CT molecular complexity index is 448. The minimum atomic E-state index is -0.374. The average Bonchev–Trinajstić information content (AvgIpc) is 2.10. The summed E-state index contributed by atoms with van der Waals surface area (Å²) < 4.78 is 1.35. The molecule has 0 aliphatic heterocycles. The number of rotatable bonds is 3. The van der Waals surface area contributed by atoms with Gasteiger partial charge in [-0.2, -0.15) is 0 Å². The van der Waals surface area contributed by atoms with Crippen LogP contribution in [0, 0.1) is 0 Å². The van der Waals surface area contributed by atoms with Crippen LogP contribution >= 0.6 is 0 Å². The molecule has 0 saturated carbocycles. The summed E-state index contributed by atoms with van der Waals surface area (Å²) in [6.07, 6.45) is 1.35. The molecule has 1 rings (SSSR count). The van der Waals surface area contributed by atoms with Gasteiger partial charge in [-0.1, -0.05) is 0 Å². The largest absolute Gasteiger partial charge is 0.324 e. The van der Waals surface area contributed by atoms with Crippen molar-refractivity contribution in [3.8, 4) is 0 Å². The van der Waals surface area contributed by atoms with E-state index < -0.39 is 0 Å². The molecular weight excluding hydrogens is 196 g/mol. The summed E-state index contributed by atoms with van der Waals surface area (Å²) in [5.74, 6) is -0.571. The monoisotopic (exact) mass is 208 g/mol. The Morgan fingerprint density at radius 2 is 2.07 bits per heavy atom. The van der Waals surface area contributed by atoms with Crippen LogP contribution in [0.15, 0.2) is 23.1 Å². The number of aromatic nitrogens is 1. The highest BCUT2D eigenvalue weighted by molar-refractivity contribution is 6.03. The Balaban J connectivity index is 2.73. The summed E-state index contributed by atoms with van der Waals surface area (Å²) in [7, 11) is 1.59. The van der Waals surface area contributed by atoms with Crippen molar-refractivity contribution in [2.75, 3.05) is 5.32 Å². The SMILES string of the molecule is CC(=O)CC(=O)Nc1ccc(=O)n(C)c1. The molecule has 1 aromatic heterocycles. The fourth-order valence-corrected chi connectivity index (χ4v) is 1.10. The number of carbonyl (C=O) groups is 2. The molecular formula is C10H12N2O3.